The van der Waals surface area contributed by atoms with Crippen molar-refractivity contribution in [2.24, 2.45) is 5.92 Å². The Morgan fingerprint density at radius 2 is 1.56 bits per heavy atom. The van der Waals surface area contributed by atoms with E-state index >= 15 is 0 Å². The number of piperazine rings is 1. The summed E-state index contributed by atoms with van der Waals surface area (Å²) in [7, 11) is 0. The van der Waals surface area contributed by atoms with Gasteiger partial charge in [0.1, 0.15) is 11.5 Å². The van der Waals surface area contributed by atoms with Gasteiger partial charge in [-0.05, 0) is 122 Å². The van der Waals surface area contributed by atoms with E-state index in [0.717, 1.165) is 75.4 Å². The number of anilines is 1. The smallest absolute Gasteiger partial charge is 0.255 e. The van der Waals surface area contributed by atoms with E-state index in [4.69, 9.17) is 4.74 Å². The van der Waals surface area contributed by atoms with Gasteiger partial charge in [0, 0.05) is 56.3 Å². The first kappa shape index (κ1) is 35.0. The molecular formula is C47H51N3O4. The summed E-state index contributed by atoms with van der Waals surface area (Å²) in [4.78, 5) is 44.1. The van der Waals surface area contributed by atoms with Crippen molar-refractivity contribution in [3.05, 3.63) is 130 Å². The number of ketones is 2. The summed E-state index contributed by atoms with van der Waals surface area (Å²) < 4.78 is 6.49. The molecule has 1 saturated heterocycles. The molecule has 2 saturated carbocycles. The molecule has 1 unspecified atom stereocenters. The van der Waals surface area contributed by atoms with Gasteiger partial charge in [0.05, 0.1) is 18.6 Å². The molecule has 3 aliphatic carbocycles. The van der Waals surface area contributed by atoms with E-state index in [-0.39, 0.29) is 23.9 Å². The van der Waals surface area contributed by atoms with Crippen LogP contribution in [0.15, 0.2) is 91.0 Å². The van der Waals surface area contributed by atoms with Crippen molar-refractivity contribution in [2.45, 2.75) is 88.8 Å². The fourth-order valence-corrected chi connectivity index (χ4v) is 9.93. The Morgan fingerprint density at radius 3 is 2.33 bits per heavy atom. The molecule has 5 aliphatic rings. The third-order valence-electron chi connectivity index (χ3n) is 13.1. The molecule has 7 nitrogen and oxygen atoms in total. The van der Waals surface area contributed by atoms with Crippen LogP contribution in [0.1, 0.15) is 101 Å². The zero-order valence-corrected chi connectivity index (χ0v) is 31.4. The maximum Gasteiger partial charge on any atom is 0.255 e. The maximum absolute atomic E-state index is 13.1. The van der Waals surface area contributed by atoms with Gasteiger partial charge in [0.2, 0.25) is 0 Å². The molecule has 9 rings (SSSR count). The number of Topliss-reactive ketones (excluding diaryl/α,β-unsaturated/α-hetero) is 2. The molecule has 4 aromatic rings. The average Bonchev–Trinajstić information content (AvgIpc) is 3.50. The van der Waals surface area contributed by atoms with E-state index in [2.05, 4.69) is 102 Å². The van der Waals surface area contributed by atoms with Crippen molar-refractivity contribution in [1.82, 2.24) is 9.80 Å². The van der Waals surface area contributed by atoms with Crippen LogP contribution in [-0.4, -0.2) is 72.1 Å². The standard InChI is InChI=1S/C47H51N3O4/c1-31-7-15-42-35(25-31)10-16-41(33-5-3-2-4-6-33)46(42)34-8-13-39(14-9-34)54-40-26-32(27-40)19-20-48-21-23-49(24-22-48)37-11-17-43-36(28-37)30-50(47(43)53)44-18-12-38(51)29-45(44)52/h2-9,11,13-15,17,25,28,32,40-41,44,46H,10,12,16,18-24,26-27,29-30H2,1H3/t32?,40?,41-,44?,46+/m1/s1. The SMILES string of the molecule is Cc1ccc2c(c1)CC[C@H](c1ccccc1)[C@@H]2c1ccc(OC2CC(CCN3CCN(c4ccc5c(c4)CN(C4CCC(=O)CC4=O)C5=O)CC3)C2)cc1. The molecule has 2 heterocycles. The second-order valence-electron chi connectivity index (χ2n) is 16.5. The van der Waals surface area contributed by atoms with Crippen LogP contribution in [0.2, 0.25) is 0 Å². The summed E-state index contributed by atoms with van der Waals surface area (Å²) in [5.41, 5.74) is 9.94. The van der Waals surface area contributed by atoms with Crippen molar-refractivity contribution < 1.29 is 19.1 Å². The highest BCUT2D eigenvalue weighted by Crippen LogP contribution is 2.47. The first-order chi connectivity index (χ1) is 26.4. The second kappa shape index (κ2) is 14.8. The van der Waals surface area contributed by atoms with Crippen LogP contribution in [0.25, 0.3) is 0 Å². The summed E-state index contributed by atoms with van der Waals surface area (Å²) in [5, 5.41) is 0. The lowest BCUT2D eigenvalue weighted by Gasteiger charge is -2.39. The minimum Gasteiger partial charge on any atom is -0.490 e. The first-order valence-corrected chi connectivity index (χ1v) is 20.2. The van der Waals surface area contributed by atoms with E-state index in [0.29, 0.717) is 48.8 Å². The van der Waals surface area contributed by atoms with Crippen molar-refractivity contribution in [3.63, 3.8) is 0 Å². The quantitative estimate of drug-likeness (QED) is 0.164. The topological polar surface area (TPSA) is 70.2 Å². The molecule has 0 radical (unpaired) electrons. The van der Waals surface area contributed by atoms with Gasteiger partial charge in [-0.15, -0.1) is 0 Å². The average molecular weight is 722 g/mol. The van der Waals surface area contributed by atoms with Gasteiger partial charge in [0.25, 0.3) is 5.91 Å². The van der Waals surface area contributed by atoms with Gasteiger partial charge >= 0.3 is 0 Å². The molecule has 2 aliphatic heterocycles. The third kappa shape index (κ3) is 6.99. The van der Waals surface area contributed by atoms with Gasteiger partial charge in [0.15, 0.2) is 5.78 Å². The summed E-state index contributed by atoms with van der Waals surface area (Å²) in [6, 6.07) is 32.7. The molecule has 7 heteroatoms. The predicted octanol–water partition coefficient (Wildman–Crippen LogP) is 7.87. The number of hydrogen-bond donors (Lipinski definition) is 0. The zero-order chi connectivity index (χ0) is 36.8. The lowest BCUT2D eigenvalue weighted by molar-refractivity contribution is -0.133. The van der Waals surface area contributed by atoms with E-state index in [1.807, 2.05) is 6.07 Å². The molecule has 3 atom stereocenters. The normalized spacial score (nSPS) is 25.6. The molecule has 0 bridgehead atoms. The fraction of sp³-hybridized carbons (Fsp3) is 0.426. The zero-order valence-electron chi connectivity index (χ0n) is 31.4. The highest BCUT2D eigenvalue weighted by atomic mass is 16.5. The summed E-state index contributed by atoms with van der Waals surface area (Å²) >= 11 is 0. The van der Waals surface area contributed by atoms with Gasteiger partial charge in [-0.2, -0.15) is 0 Å². The van der Waals surface area contributed by atoms with Crippen LogP contribution in [0.4, 0.5) is 5.69 Å². The second-order valence-corrected chi connectivity index (χ2v) is 16.5. The first-order valence-electron chi connectivity index (χ1n) is 20.2. The Labute approximate surface area is 319 Å². The van der Waals surface area contributed by atoms with Crippen LogP contribution in [0.3, 0.4) is 0 Å². The Morgan fingerprint density at radius 1 is 0.759 bits per heavy atom. The maximum atomic E-state index is 13.1. The van der Waals surface area contributed by atoms with Crippen LogP contribution >= 0.6 is 0 Å². The Kier molecular flexibility index (Phi) is 9.60. The number of amides is 1. The minimum atomic E-state index is -0.470. The van der Waals surface area contributed by atoms with Crippen LogP contribution in [-0.2, 0) is 22.6 Å². The van der Waals surface area contributed by atoms with Gasteiger partial charge in [-0.3, -0.25) is 19.3 Å². The number of ether oxygens (including phenoxy) is 1. The van der Waals surface area contributed by atoms with E-state index < -0.39 is 6.04 Å². The lowest BCUT2D eigenvalue weighted by atomic mass is 9.69. The number of benzene rings is 4. The number of aryl methyl sites for hydroxylation is 2. The van der Waals surface area contributed by atoms with Crippen molar-refractivity contribution in [1.29, 1.82) is 0 Å². The Bertz CT molecular complexity index is 2030. The van der Waals surface area contributed by atoms with E-state index in [1.165, 1.54) is 34.2 Å². The molecule has 0 N–H and O–H groups in total. The number of fused-ring (bicyclic) bond motifs is 2. The molecule has 54 heavy (non-hydrogen) atoms. The third-order valence-corrected chi connectivity index (χ3v) is 13.1. The number of carbonyl (C=O) groups is 3. The summed E-state index contributed by atoms with van der Waals surface area (Å²) in [5.74, 6) is 2.30. The van der Waals surface area contributed by atoms with Crippen LogP contribution in [0, 0.1) is 12.8 Å². The Hall–Kier alpha value is -4.75. The highest BCUT2D eigenvalue weighted by molar-refractivity contribution is 6.07. The van der Waals surface area contributed by atoms with Crippen LogP contribution < -0.4 is 9.64 Å². The summed E-state index contributed by atoms with van der Waals surface area (Å²) in [6.07, 6.45) is 6.83. The van der Waals surface area contributed by atoms with Crippen LogP contribution in [0.5, 0.6) is 5.75 Å². The van der Waals surface area contributed by atoms with Crippen molar-refractivity contribution in [2.75, 3.05) is 37.6 Å². The number of rotatable bonds is 9. The van der Waals surface area contributed by atoms with E-state index in [1.54, 1.807) is 4.90 Å². The number of hydrogen-bond acceptors (Lipinski definition) is 6. The van der Waals surface area contributed by atoms with E-state index in [9.17, 15) is 14.4 Å². The fourth-order valence-electron chi connectivity index (χ4n) is 9.93. The molecule has 1 amide bonds. The minimum absolute atomic E-state index is 0.0149. The monoisotopic (exact) mass is 721 g/mol. The van der Waals surface area contributed by atoms with Crippen molar-refractivity contribution >= 4 is 23.2 Å². The molecular weight excluding hydrogens is 671 g/mol. The van der Waals surface area contributed by atoms with Crippen molar-refractivity contribution in [3.8, 4) is 5.75 Å². The molecule has 4 aromatic carbocycles. The predicted molar refractivity (Wildman–Crippen MR) is 211 cm³/mol. The van der Waals surface area contributed by atoms with Gasteiger partial charge in [-0.25, -0.2) is 0 Å². The molecule has 0 aromatic heterocycles. The molecule has 3 fully saturated rings. The molecule has 278 valence electrons. The summed E-state index contributed by atoms with van der Waals surface area (Å²) in [6.45, 7) is 7.76. The van der Waals surface area contributed by atoms with Gasteiger partial charge < -0.3 is 14.5 Å². The van der Waals surface area contributed by atoms with Gasteiger partial charge in [-0.1, -0.05) is 66.2 Å². The Balaban J connectivity index is 0.739. The largest absolute Gasteiger partial charge is 0.490 e. The number of carbonyl (C=O) groups excluding carboxylic acids is 3. The molecule has 0 spiro atoms. The number of nitrogens with zero attached hydrogens (tertiary/aromatic N) is 3. The highest BCUT2D eigenvalue weighted by Gasteiger charge is 2.39. The lowest BCUT2D eigenvalue weighted by Crippen LogP contribution is -2.47.